The highest BCUT2D eigenvalue weighted by molar-refractivity contribution is 9.10. The van der Waals surface area contributed by atoms with Gasteiger partial charge in [0.2, 0.25) is 0 Å². The number of nitrogens with two attached hydrogens (primary N) is 1. The molecular formula is C25H23BrClF2N5O4. The van der Waals surface area contributed by atoms with Crippen LogP contribution in [0.4, 0.5) is 14.5 Å². The summed E-state index contributed by atoms with van der Waals surface area (Å²) in [7, 11) is 0. The van der Waals surface area contributed by atoms with Crippen molar-refractivity contribution in [2.75, 3.05) is 5.32 Å². The number of pyridine rings is 1. The zero-order valence-electron chi connectivity index (χ0n) is 20.1. The fraction of sp³-hybridized carbons (Fsp3) is 0.320. The number of benzene rings is 1. The van der Waals surface area contributed by atoms with E-state index in [1.165, 1.54) is 23.9 Å². The fourth-order valence-corrected chi connectivity index (χ4v) is 4.82. The van der Waals surface area contributed by atoms with Crippen molar-refractivity contribution < 1.29 is 27.9 Å². The number of amides is 2. The number of aromatic nitrogens is 3. The Morgan fingerprint density at radius 3 is 2.58 bits per heavy atom. The second kappa shape index (κ2) is 11.2. The minimum absolute atomic E-state index is 0.0160. The van der Waals surface area contributed by atoms with E-state index in [9.17, 15) is 14.4 Å². The van der Waals surface area contributed by atoms with Gasteiger partial charge in [0.15, 0.2) is 5.82 Å². The molecule has 13 heteroatoms. The van der Waals surface area contributed by atoms with Gasteiger partial charge in [0, 0.05) is 17.8 Å². The summed E-state index contributed by atoms with van der Waals surface area (Å²) in [5, 5.41) is 6.94. The maximum absolute atomic E-state index is 15.1. The van der Waals surface area contributed by atoms with Crippen LogP contribution in [0.5, 0.6) is 0 Å². The largest absolute Gasteiger partial charge is 0.458 e. The van der Waals surface area contributed by atoms with Gasteiger partial charge in [-0.15, -0.1) is 0 Å². The number of anilines is 1. The first-order valence-corrected chi connectivity index (χ1v) is 12.9. The Labute approximate surface area is 229 Å². The first-order chi connectivity index (χ1) is 18.0. The molecule has 38 heavy (non-hydrogen) atoms. The minimum atomic E-state index is -4.03. The van der Waals surface area contributed by atoms with Gasteiger partial charge in [-0.3, -0.25) is 9.59 Å². The predicted octanol–water partition coefficient (Wildman–Crippen LogP) is 5.31. The van der Waals surface area contributed by atoms with E-state index in [1.54, 1.807) is 12.1 Å². The van der Waals surface area contributed by atoms with Gasteiger partial charge in [-0.25, -0.2) is 14.5 Å². The third-order valence-corrected chi connectivity index (χ3v) is 6.82. The normalized spacial score (nSPS) is 14.2. The number of ether oxygens (including phenoxy) is 1. The molecule has 3 aromatic rings. The minimum Gasteiger partial charge on any atom is -0.458 e. The maximum Gasteiger partial charge on any atom is 0.382 e. The van der Waals surface area contributed by atoms with Crippen LogP contribution in [-0.2, 0) is 15.5 Å². The number of hydrogen-bond acceptors (Lipinski definition) is 6. The Morgan fingerprint density at radius 2 is 1.92 bits per heavy atom. The van der Waals surface area contributed by atoms with Crippen LogP contribution in [0.15, 0.2) is 41.1 Å². The van der Waals surface area contributed by atoms with Crippen LogP contribution in [0.2, 0.25) is 5.02 Å². The molecular weight excluding hydrogens is 588 g/mol. The molecule has 1 aliphatic rings. The topological polar surface area (TPSA) is 129 Å². The van der Waals surface area contributed by atoms with Crippen molar-refractivity contribution >= 4 is 51.0 Å². The van der Waals surface area contributed by atoms with Gasteiger partial charge in [0.25, 0.3) is 11.8 Å². The molecule has 0 atom stereocenters. The van der Waals surface area contributed by atoms with Crippen molar-refractivity contribution in [3.8, 4) is 5.82 Å². The summed E-state index contributed by atoms with van der Waals surface area (Å²) >= 11 is 9.41. The Kier molecular flexibility index (Phi) is 8.12. The lowest BCUT2D eigenvalue weighted by Gasteiger charge is -2.25. The van der Waals surface area contributed by atoms with E-state index in [0.29, 0.717) is 17.4 Å². The van der Waals surface area contributed by atoms with Crippen LogP contribution in [-0.4, -0.2) is 38.7 Å². The van der Waals surface area contributed by atoms with Crippen LogP contribution in [0.3, 0.4) is 0 Å². The summed E-state index contributed by atoms with van der Waals surface area (Å²) in [6.45, 7) is 1.40. The number of aryl methyl sites for hydroxylation is 1. The Hall–Kier alpha value is -3.38. The average molecular weight is 611 g/mol. The van der Waals surface area contributed by atoms with Crippen molar-refractivity contribution in [1.29, 1.82) is 0 Å². The molecule has 200 valence electrons. The zero-order chi connectivity index (χ0) is 27.6. The van der Waals surface area contributed by atoms with Gasteiger partial charge in [-0.2, -0.15) is 13.9 Å². The first-order valence-electron chi connectivity index (χ1n) is 11.7. The van der Waals surface area contributed by atoms with Crippen LogP contribution < -0.4 is 11.1 Å². The molecule has 0 radical (unpaired) electrons. The van der Waals surface area contributed by atoms with E-state index in [0.717, 1.165) is 31.4 Å². The zero-order valence-corrected chi connectivity index (χ0v) is 22.5. The molecule has 0 bridgehead atoms. The molecule has 0 aliphatic heterocycles. The van der Waals surface area contributed by atoms with E-state index < -0.39 is 40.9 Å². The SMILES string of the molecule is Cc1cc(C(F)(F)C(=O)OC2CCCCC2)cc(C(N)=O)c1NC(=O)c1cc(Br)nn1-c1ncccc1Cl. The second-order valence-electron chi connectivity index (χ2n) is 8.85. The summed E-state index contributed by atoms with van der Waals surface area (Å²) in [5.74, 6) is -7.38. The Bertz CT molecular complexity index is 1410. The molecule has 1 saturated carbocycles. The van der Waals surface area contributed by atoms with Gasteiger partial charge >= 0.3 is 11.9 Å². The Morgan fingerprint density at radius 1 is 1.21 bits per heavy atom. The van der Waals surface area contributed by atoms with E-state index in [4.69, 9.17) is 22.1 Å². The van der Waals surface area contributed by atoms with E-state index in [-0.39, 0.29) is 27.8 Å². The maximum atomic E-state index is 15.1. The van der Waals surface area contributed by atoms with Crippen LogP contribution >= 0.6 is 27.5 Å². The highest BCUT2D eigenvalue weighted by Gasteiger charge is 2.45. The Balaban J connectivity index is 1.65. The molecule has 4 rings (SSSR count). The molecule has 0 saturated heterocycles. The molecule has 1 aliphatic carbocycles. The average Bonchev–Trinajstić information content (AvgIpc) is 3.27. The monoisotopic (exact) mass is 609 g/mol. The number of carbonyl (C=O) groups is 3. The standard InChI is InChI=1S/C25H23BrClF2N5O4/c1-13-10-14(25(28,29)24(37)38-15-6-3-2-4-7-15)11-16(21(30)35)20(13)32-23(36)18-12-19(26)33-34(18)22-17(27)8-5-9-31-22/h5,8-12,15H,2-4,6-7H2,1H3,(H2,30,35)(H,32,36). The summed E-state index contributed by atoms with van der Waals surface area (Å²) in [5.41, 5.74) is 4.27. The van der Waals surface area contributed by atoms with E-state index >= 15 is 8.78 Å². The van der Waals surface area contributed by atoms with E-state index in [1.807, 2.05) is 0 Å². The molecule has 9 nitrogen and oxygen atoms in total. The van der Waals surface area contributed by atoms with Crippen LogP contribution in [0.25, 0.3) is 5.82 Å². The number of nitrogens with one attached hydrogen (secondary N) is 1. The number of primary amides is 1. The number of rotatable bonds is 7. The highest BCUT2D eigenvalue weighted by Crippen LogP contribution is 2.36. The summed E-state index contributed by atoms with van der Waals surface area (Å²) < 4.78 is 36.8. The number of carbonyl (C=O) groups excluding carboxylic acids is 3. The lowest BCUT2D eigenvalue weighted by molar-refractivity contribution is -0.180. The van der Waals surface area contributed by atoms with Crippen LogP contribution in [0.1, 0.15) is 64.1 Å². The first kappa shape index (κ1) is 27.6. The van der Waals surface area contributed by atoms with Crippen LogP contribution in [0, 0.1) is 6.92 Å². The number of alkyl halides is 2. The third-order valence-electron chi connectivity index (χ3n) is 6.14. The lowest BCUT2D eigenvalue weighted by atomic mass is 9.97. The molecule has 1 aromatic carbocycles. The van der Waals surface area contributed by atoms with Gasteiger partial charge in [0.1, 0.15) is 16.4 Å². The predicted molar refractivity (Wildman–Crippen MR) is 139 cm³/mol. The second-order valence-corrected chi connectivity index (χ2v) is 10.1. The molecule has 3 N–H and O–H groups in total. The van der Waals surface area contributed by atoms with Crippen molar-refractivity contribution in [1.82, 2.24) is 14.8 Å². The van der Waals surface area contributed by atoms with Gasteiger partial charge in [0.05, 0.1) is 16.3 Å². The molecule has 0 unspecified atom stereocenters. The summed E-state index contributed by atoms with van der Waals surface area (Å²) in [6, 6.07) is 6.36. The van der Waals surface area contributed by atoms with E-state index in [2.05, 4.69) is 31.3 Å². The molecule has 0 spiro atoms. The summed E-state index contributed by atoms with van der Waals surface area (Å²) in [4.78, 5) is 42.0. The molecule has 2 aromatic heterocycles. The van der Waals surface area contributed by atoms with Gasteiger partial charge in [-0.05, 0) is 78.4 Å². The summed E-state index contributed by atoms with van der Waals surface area (Å²) in [6.07, 6.45) is 4.49. The quantitative estimate of drug-likeness (QED) is 0.349. The number of esters is 1. The molecule has 2 heterocycles. The van der Waals surface area contributed by atoms with Crippen molar-refractivity contribution in [3.05, 3.63) is 68.5 Å². The lowest BCUT2D eigenvalue weighted by Crippen LogP contribution is -2.33. The van der Waals surface area contributed by atoms with Crippen molar-refractivity contribution in [2.45, 2.75) is 51.1 Å². The number of hydrogen-bond donors (Lipinski definition) is 2. The number of nitrogens with zero attached hydrogens (tertiary/aromatic N) is 3. The van der Waals surface area contributed by atoms with Gasteiger partial charge < -0.3 is 15.8 Å². The highest BCUT2D eigenvalue weighted by atomic mass is 79.9. The van der Waals surface area contributed by atoms with Crippen molar-refractivity contribution in [3.63, 3.8) is 0 Å². The third kappa shape index (κ3) is 5.70. The van der Waals surface area contributed by atoms with Crippen molar-refractivity contribution in [2.24, 2.45) is 5.73 Å². The molecule has 1 fully saturated rings. The number of halogens is 4. The smallest absolute Gasteiger partial charge is 0.382 e. The van der Waals surface area contributed by atoms with Gasteiger partial charge in [-0.1, -0.05) is 18.0 Å². The fourth-order valence-electron chi connectivity index (χ4n) is 4.24. The molecule has 2 amide bonds.